The van der Waals surface area contributed by atoms with Crippen molar-refractivity contribution in [3.05, 3.63) is 59.7 Å². The first kappa shape index (κ1) is 26.1. The average Bonchev–Trinajstić information content (AvgIpc) is 2.85. The minimum atomic E-state index is 0.102. The predicted octanol–water partition coefficient (Wildman–Crippen LogP) is 7.47. The van der Waals surface area contributed by atoms with Gasteiger partial charge >= 0.3 is 0 Å². The highest BCUT2D eigenvalue weighted by atomic mass is 16.1. The van der Waals surface area contributed by atoms with Gasteiger partial charge in [0.1, 0.15) is 5.69 Å². The molecule has 3 nitrogen and oxygen atoms in total. The molecule has 0 bridgehead atoms. The molecule has 0 fully saturated rings. The van der Waals surface area contributed by atoms with Crippen molar-refractivity contribution in [2.75, 3.05) is 37.6 Å². The normalized spacial score (nSPS) is 11.5. The number of rotatable bonds is 15. The van der Waals surface area contributed by atoms with E-state index in [-0.39, 0.29) is 5.78 Å². The summed E-state index contributed by atoms with van der Waals surface area (Å²) in [7, 11) is 0. The zero-order valence-corrected chi connectivity index (χ0v) is 21.2. The Hall–Kier alpha value is -2.13. The molecule has 0 saturated carbocycles. The lowest BCUT2D eigenvalue weighted by Crippen LogP contribution is -2.49. The Morgan fingerprint density at radius 3 is 1.69 bits per heavy atom. The first-order valence-corrected chi connectivity index (χ1v) is 12.9. The summed E-state index contributed by atoms with van der Waals surface area (Å²) in [6, 6.07) is 16.5. The fourth-order valence-electron chi connectivity index (χ4n) is 4.74. The summed E-state index contributed by atoms with van der Waals surface area (Å²) < 4.78 is 1.00. The average molecular weight is 438 g/mol. The van der Waals surface area contributed by atoms with Crippen molar-refractivity contribution in [3.8, 4) is 0 Å². The molecule has 0 radical (unpaired) electrons. The van der Waals surface area contributed by atoms with Crippen LogP contribution in [0.5, 0.6) is 0 Å². The second kappa shape index (κ2) is 13.4. The third-order valence-corrected chi connectivity index (χ3v) is 7.09. The van der Waals surface area contributed by atoms with Crippen LogP contribution in [0.3, 0.4) is 0 Å². The molecule has 0 aliphatic rings. The van der Waals surface area contributed by atoms with Crippen molar-refractivity contribution < 1.29 is 4.79 Å². The summed E-state index contributed by atoms with van der Waals surface area (Å²) in [6.07, 6.45) is 7.96. The molecule has 0 N–H and O–H groups in total. The van der Waals surface area contributed by atoms with E-state index in [0.29, 0.717) is 0 Å². The standard InChI is InChI=1S/C29H45N2O/c1-6-11-12-13-14-15-24-31(9-4,10-5)28-22-18-26(19-23-28)29(32)25-16-20-27(21-17-25)30(7-2)8-3/h16-23H,6-15,24H2,1-5H3/q+1. The topological polar surface area (TPSA) is 20.3 Å². The van der Waals surface area contributed by atoms with Gasteiger partial charge in [-0.2, -0.15) is 0 Å². The second-order valence-corrected chi connectivity index (χ2v) is 8.86. The molecule has 0 amide bonds. The summed E-state index contributed by atoms with van der Waals surface area (Å²) in [5.74, 6) is 0.102. The number of carbonyl (C=O) groups excluding carboxylic acids is 1. The van der Waals surface area contributed by atoms with Crippen LogP contribution in [-0.4, -0.2) is 38.5 Å². The van der Waals surface area contributed by atoms with E-state index in [4.69, 9.17) is 0 Å². The number of ketones is 1. The number of unbranched alkanes of at least 4 members (excludes halogenated alkanes) is 5. The molecule has 3 heteroatoms. The van der Waals surface area contributed by atoms with Gasteiger partial charge < -0.3 is 4.90 Å². The van der Waals surface area contributed by atoms with Gasteiger partial charge in [0.05, 0.1) is 19.6 Å². The summed E-state index contributed by atoms with van der Waals surface area (Å²) in [4.78, 5) is 15.3. The van der Waals surface area contributed by atoms with E-state index < -0.39 is 0 Å². The molecule has 0 unspecified atom stereocenters. The van der Waals surface area contributed by atoms with Gasteiger partial charge in [0.2, 0.25) is 0 Å². The van der Waals surface area contributed by atoms with Crippen molar-refractivity contribution in [1.82, 2.24) is 4.48 Å². The van der Waals surface area contributed by atoms with Crippen molar-refractivity contribution in [2.45, 2.75) is 73.1 Å². The van der Waals surface area contributed by atoms with Crippen LogP contribution < -0.4 is 9.38 Å². The molecule has 2 aromatic carbocycles. The van der Waals surface area contributed by atoms with Gasteiger partial charge in [0.25, 0.3) is 0 Å². The largest absolute Gasteiger partial charge is 0.372 e. The zero-order valence-electron chi connectivity index (χ0n) is 21.2. The Labute approximate surface area is 197 Å². The SMILES string of the molecule is CCCCCCCC[N+](CC)(CC)c1ccc(C(=O)c2ccc(N(CC)CC)cc2)cc1. The van der Waals surface area contributed by atoms with Crippen molar-refractivity contribution >= 4 is 17.2 Å². The number of nitrogens with zero attached hydrogens (tertiary/aromatic N) is 2. The lowest BCUT2D eigenvalue weighted by Gasteiger charge is -2.36. The molecule has 32 heavy (non-hydrogen) atoms. The van der Waals surface area contributed by atoms with E-state index >= 15 is 0 Å². The zero-order chi connectivity index (χ0) is 23.4. The van der Waals surface area contributed by atoms with E-state index in [9.17, 15) is 4.79 Å². The Morgan fingerprint density at radius 1 is 0.688 bits per heavy atom. The van der Waals surface area contributed by atoms with E-state index in [1.807, 2.05) is 24.3 Å². The lowest BCUT2D eigenvalue weighted by molar-refractivity contribution is 0.103. The van der Waals surface area contributed by atoms with Gasteiger partial charge in [-0.25, -0.2) is 0 Å². The van der Waals surface area contributed by atoms with Crippen LogP contribution in [0.2, 0.25) is 0 Å². The molecule has 0 saturated heterocycles. The molecule has 2 aromatic rings. The summed E-state index contributed by atoms with van der Waals surface area (Å²) in [5.41, 5.74) is 4.03. The van der Waals surface area contributed by atoms with Gasteiger partial charge in [-0.3, -0.25) is 9.28 Å². The Morgan fingerprint density at radius 2 is 1.19 bits per heavy atom. The molecular formula is C29H45N2O+. The number of hydrogen-bond acceptors (Lipinski definition) is 2. The van der Waals surface area contributed by atoms with Crippen molar-refractivity contribution in [2.24, 2.45) is 0 Å². The highest BCUT2D eigenvalue weighted by molar-refractivity contribution is 6.09. The molecule has 0 aromatic heterocycles. The summed E-state index contributed by atoms with van der Waals surface area (Å²) in [6.45, 7) is 16.5. The number of carbonyl (C=O) groups is 1. The maximum atomic E-state index is 13.0. The van der Waals surface area contributed by atoms with Gasteiger partial charge in [0.15, 0.2) is 5.78 Å². The number of anilines is 1. The Balaban J connectivity index is 2.08. The van der Waals surface area contributed by atoms with Gasteiger partial charge in [-0.1, -0.05) is 32.6 Å². The predicted molar refractivity (Wildman–Crippen MR) is 141 cm³/mol. The van der Waals surface area contributed by atoms with Crippen LogP contribution in [-0.2, 0) is 0 Å². The quantitative estimate of drug-likeness (QED) is 0.164. The van der Waals surface area contributed by atoms with Crippen LogP contribution in [0.25, 0.3) is 0 Å². The summed E-state index contributed by atoms with van der Waals surface area (Å²) in [5, 5.41) is 0. The molecule has 176 valence electrons. The molecule has 0 aliphatic heterocycles. The Kier molecular flexibility index (Phi) is 11.0. The Bertz CT molecular complexity index is 787. The minimum Gasteiger partial charge on any atom is -0.372 e. The summed E-state index contributed by atoms with van der Waals surface area (Å²) >= 11 is 0. The van der Waals surface area contributed by atoms with Gasteiger partial charge in [-0.05, 0) is 89.1 Å². The van der Waals surface area contributed by atoms with E-state index in [1.165, 1.54) is 56.4 Å². The second-order valence-electron chi connectivity index (χ2n) is 8.86. The maximum Gasteiger partial charge on any atom is 0.193 e. The first-order chi connectivity index (χ1) is 15.5. The minimum absolute atomic E-state index is 0.102. The van der Waals surface area contributed by atoms with Gasteiger partial charge in [-0.15, -0.1) is 0 Å². The van der Waals surface area contributed by atoms with Crippen molar-refractivity contribution in [3.63, 3.8) is 0 Å². The monoisotopic (exact) mass is 437 g/mol. The van der Waals surface area contributed by atoms with Crippen LogP contribution >= 0.6 is 0 Å². The van der Waals surface area contributed by atoms with E-state index in [2.05, 4.69) is 63.8 Å². The van der Waals surface area contributed by atoms with Crippen LogP contribution in [0.15, 0.2) is 48.5 Å². The maximum absolute atomic E-state index is 13.0. The molecule has 0 spiro atoms. The smallest absolute Gasteiger partial charge is 0.193 e. The molecule has 0 atom stereocenters. The van der Waals surface area contributed by atoms with E-state index in [0.717, 1.165) is 41.8 Å². The van der Waals surface area contributed by atoms with Crippen molar-refractivity contribution in [1.29, 1.82) is 0 Å². The fraction of sp³-hybridized carbons (Fsp3) is 0.552. The molecule has 2 rings (SSSR count). The number of quaternary nitrogens is 1. The van der Waals surface area contributed by atoms with Crippen LogP contribution in [0.1, 0.15) is 89.1 Å². The fourth-order valence-corrected chi connectivity index (χ4v) is 4.74. The van der Waals surface area contributed by atoms with E-state index in [1.54, 1.807) is 0 Å². The van der Waals surface area contributed by atoms with Crippen LogP contribution in [0.4, 0.5) is 11.4 Å². The molecule has 0 heterocycles. The van der Waals surface area contributed by atoms with Gasteiger partial charge in [0, 0.05) is 29.9 Å². The number of benzene rings is 2. The lowest BCUT2D eigenvalue weighted by atomic mass is 10.0. The molecular weight excluding hydrogens is 392 g/mol. The highest BCUT2D eigenvalue weighted by Crippen LogP contribution is 2.26. The van der Waals surface area contributed by atoms with Crippen LogP contribution in [0, 0.1) is 0 Å². The third-order valence-electron chi connectivity index (χ3n) is 7.09. The highest BCUT2D eigenvalue weighted by Gasteiger charge is 2.26. The molecule has 0 aliphatic carbocycles. The first-order valence-electron chi connectivity index (χ1n) is 12.9. The third kappa shape index (κ3) is 6.68. The number of hydrogen-bond donors (Lipinski definition) is 0.